The van der Waals surface area contributed by atoms with Crippen LogP contribution in [0.2, 0.25) is 0 Å². The predicted molar refractivity (Wildman–Crippen MR) is 92.3 cm³/mol. The summed E-state index contributed by atoms with van der Waals surface area (Å²) in [7, 11) is 0. The van der Waals surface area contributed by atoms with E-state index in [4.69, 9.17) is 51.8 Å². The molecule has 0 radical (unpaired) electrons. The second kappa shape index (κ2) is 5.31. The van der Waals surface area contributed by atoms with Gasteiger partial charge in [0.1, 0.15) is 17.0 Å². The Kier molecular flexibility index (Phi) is 4.62. The SMILES string of the molecule is CC1(C)S[C@H]2N(C(=S)C2(C)Br)[C@H]1C(=O)OCC(Cl)(Cl)Cl. The van der Waals surface area contributed by atoms with Crippen molar-refractivity contribution < 1.29 is 9.53 Å². The largest absolute Gasteiger partial charge is 0.460 e. The number of hydrogen-bond acceptors (Lipinski definition) is 4. The van der Waals surface area contributed by atoms with E-state index in [2.05, 4.69) is 15.9 Å². The minimum Gasteiger partial charge on any atom is -0.460 e. The predicted octanol–water partition coefficient (Wildman–Crippen LogP) is 3.92. The highest BCUT2D eigenvalue weighted by Gasteiger charge is 2.66. The van der Waals surface area contributed by atoms with Gasteiger partial charge in [-0.15, -0.1) is 11.8 Å². The molecule has 2 heterocycles. The number of thiocarbonyl (C=S) groups is 1. The number of rotatable bonds is 2. The highest BCUT2D eigenvalue weighted by Crippen LogP contribution is 2.58. The zero-order valence-corrected chi connectivity index (χ0v) is 16.4. The Bertz CT molecular complexity index is 467. The van der Waals surface area contributed by atoms with Crippen LogP contribution >= 0.6 is 74.7 Å². The summed E-state index contributed by atoms with van der Waals surface area (Å²) in [6.07, 6.45) is 0. The Balaban J connectivity index is 2.15. The van der Waals surface area contributed by atoms with Crippen LogP contribution in [0.3, 0.4) is 0 Å². The summed E-state index contributed by atoms with van der Waals surface area (Å²) in [6.45, 7) is 5.71. The number of nitrogens with zero attached hydrogens (tertiary/aromatic N) is 1. The number of esters is 1. The first-order valence-electron chi connectivity index (χ1n) is 5.81. The minimum absolute atomic E-state index is 0.107. The highest BCUT2D eigenvalue weighted by atomic mass is 79.9. The van der Waals surface area contributed by atoms with E-state index in [9.17, 15) is 4.79 Å². The third-order valence-corrected chi connectivity index (χ3v) is 7.41. The number of carbonyl (C=O) groups is 1. The molecular weight excluding hydrogens is 429 g/mol. The van der Waals surface area contributed by atoms with Gasteiger partial charge in [0.05, 0.1) is 10.4 Å². The zero-order valence-electron chi connectivity index (χ0n) is 11.0. The van der Waals surface area contributed by atoms with Crippen molar-refractivity contribution in [2.45, 2.75) is 45.1 Å². The minimum atomic E-state index is -1.61. The van der Waals surface area contributed by atoms with Crippen LogP contribution in [-0.4, -0.2) is 46.7 Å². The molecule has 0 aromatic carbocycles. The maximum atomic E-state index is 12.3. The first-order chi connectivity index (χ1) is 8.88. The maximum absolute atomic E-state index is 12.3. The molecule has 3 atom stereocenters. The Labute approximate surface area is 151 Å². The van der Waals surface area contributed by atoms with Crippen LogP contribution in [0.5, 0.6) is 0 Å². The molecule has 0 bridgehead atoms. The molecule has 2 saturated heterocycles. The quantitative estimate of drug-likeness (QED) is 0.368. The molecule has 0 amide bonds. The fourth-order valence-electron chi connectivity index (χ4n) is 2.40. The fourth-order valence-corrected chi connectivity index (χ4v) is 5.32. The van der Waals surface area contributed by atoms with Crippen LogP contribution in [0.4, 0.5) is 0 Å². The summed E-state index contributed by atoms with van der Waals surface area (Å²) in [6, 6.07) is -0.469. The van der Waals surface area contributed by atoms with Gasteiger partial charge in [-0.1, -0.05) is 63.0 Å². The van der Waals surface area contributed by atoms with Gasteiger partial charge in [-0.05, 0) is 20.8 Å². The Morgan fingerprint density at radius 3 is 2.55 bits per heavy atom. The van der Waals surface area contributed by atoms with Gasteiger partial charge in [-0.2, -0.15) is 0 Å². The second-order valence-electron chi connectivity index (χ2n) is 5.49. The number of hydrogen-bond donors (Lipinski definition) is 0. The first kappa shape index (κ1) is 17.4. The van der Waals surface area contributed by atoms with Crippen molar-refractivity contribution in [1.82, 2.24) is 4.90 Å². The molecule has 0 saturated carbocycles. The lowest BCUT2D eigenvalue weighted by Gasteiger charge is -2.51. The molecule has 0 N–H and O–H groups in total. The maximum Gasteiger partial charge on any atom is 0.330 e. The van der Waals surface area contributed by atoms with Crippen LogP contribution in [0.15, 0.2) is 0 Å². The van der Waals surface area contributed by atoms with Crippen molar-refractivity contribution >= 4 is 85.7 Å². The van der Waals surface area contributed by atoms with E-state index in [0.29, 0.717) is 4.99 Å². The van der Waals surface area contributed by atoms with E-state index in [1.54, 1.807) is 11.8 Å². The average molecular weight is 442 g/mol. The summed E-state index contributed by atoms with van der Waals surface area (Å²) in [5.41, 5.74) is 0. The van der Waals surface area contributed by atoms with E-state index >= 15 is 0 Å². The van der Waals surface area contributed by atoms with Gasteiger partial charge in [0.25, 0.3) is 0 Å². The molecule has 2 rings (SSSR count). The molecule has 0 aliphatic carbocycles. The number of fused-ring (bicyclic) bond motifs is 1. The average Bonchev–Trinajstić information content (AvgIpc) is 2.55. The van der Waals surface area contributed by atoms with Gasteiger partial charge < -0.3 is 9.64 Å². The van der Waals surface area contributed by atoms with E-state index in [-0.39, 0.29) is 21.1 Å². The third-order valence-electron chi connectivity index (χ3n) is 3.32. The summed E-state index contributed by atoms with van der Waals surface area (Å²) < 4.78 is 2.93. The Hall–Kier alpha value is 1.06. The van der Waals surface area contributed by atoms with Gasteiger partial charge in [-0.25, -0.2) is 4.79 Å². The normalized spacial score (nSPS) is 35.5. The van der Waals surface area contributed by atoms with Gasteiger partial charge in [0.2, 0.25) is 3.79 Å². The molecule has 1 unspecified atom stereocenters. The van der Waals surface area contributed by atoms with Gasteiger partial charge in [-0.3, -0.25) is 0 Å². The smallest absolute Gasteiger partial charge is 0.330 e. The third kappa shape index (κ3) is 2.93. The van der Waals surface area contributed by atoms with Gasteiger partial charge >= 0.3 is 5.97 Å². The number of halogens is 4. The summed E-state index contributed by atoms with van der Waals surface area (Å²) in [5, 5.41) is 0.107. The van der Waals surface area contributed by atoms with Crippen LogP contribution in [0.1, 0.15) is 20.8 Å². The van der Waals surface area contributed by atoms with E-state index in [1.165, 1.54) is 0 Å². The number of carbonyl (C=O) groups excluding carboxylic acids is 1. The lowest BCUT2D eigenvalue weighted by atomic mass is 9.93. The zero-order chi connectivity index (χ0) is 15.5. The molecule has 2 aliphatic heterocycles. The molecule has 20 heavy (non-hydrogen) atoms. The van der Waals surface area contributed by atoms with Crippen LogP contribution in [0.25, 0.3) is 0 Å². The number of thioether (sulfide) groups is 1. The topological polar surface area (TPSA) is 29.5 Å². The van der Waals surface area contributed by atoms with Crippen LogP contribution < -0.4 is 0 Å². The lowest BCUT2D eigenvalue weighted by Crippen LogP contribution is -2.68. The molecule has 114 valence electrons. The Morgan fingerprint density at radius 1 is 1.50 bits per heavy atom. The number of ether oxygens (including phenoxy) is 1. The molecular formula is C11H13BrCl3NO2S2. The molecule has 0 spiro atoms. The number of alkyl halides is 4. The van der Waals surface area contributed by atoms with Crippen LogP contribution in [0, 0.1) is 0 Å². The molecule has 2 aliphatic rings. The van der Waals surface area contributed by atoms with E-state index < -0.39 is 15.8 Å². The van der Waals surface area contributed by atoms with Crippen molar-refractivity contribution in [3.63, 3.8) is 0 Å². The van der Waals surface area contributed by atoms with Crippen molar-refractivity contribution in [1.29, 1.82) is 0 Å². The monoisotopic (exact) mass is 439 g/mol. The standard InChI is InChI=1S/C11H13BrCl3NO2S2/c1-9(2)5(6(17)18-4-11(13,14)15)16-7(19)10(3,12)8(16)20-9/h5,8H,4H2,1-3H3/t5-,8+,10?/m0/s1. The highest BCUT2D eigenvalue weighted by molar-refractivity contribution is 9.10. The van der Waals surface area contributed by atoms with Crippen molar-refractivity contribution in [2.75, 3.05) is 6.61 Å². The molecule has 3 nitrogen and oxygen atoms in total. The fraction of sp³-hybridized carbons (Fsp3) is 0.818. The molecule has 9 heteroatoms. The Morgan fingerprint density at radius 2 is 2.05 bits per heavy atom. The molecule has 0 aromatic heterocycles. The summed E-state index contributed by atoms with van der Waals surface area (Å²) >= 11 is 27.5. The van der Waals surface area contributed by atoms with Crippen molar-refractivity contribution in [3.8, 4) is 0 Å². The van der Waals surface area contributed by atoms with Crippen molar-refractivity contribution in [2.24, 2.45) is 0 Å². The van der Waals surface area contributed by atoms with Crippen molar-refractivity contribution in [3.05, 3.63) is 0 Å². The van der Waals surface area contributed by atoms with Gasteiger partial charge in [0, 0.05) is 4.75 Å². The van der Waals surface area contributed by atoms with Gasteiger partial charge in [0.15, 0.2) is 0 Å². The van der Waals surface area contributed by atoms with Crippen LogP contribution in [-0.2, 0) is 9.53 Å². The second-order valence-corrected chi connectivity index (χ2v) is 11.8. The first-order valence-corrected chi connectivity index (χ1v) is 9.02. The lowest BCUT2D eigenvalue weighted by molar-refractivity contribution is -0.149. The molecule has 0 aromatic rings. The van der Waals surface area contributed by atoms with E-state index in [0.717, 1.165) is 0 Å². The van der Waals surface area contributed by atoms with E-state index in [1.807, 2.05) is 25.7 Å². The molecule has 2 fully saturated rings. The summed E-state index contributed by atoms with van der Waals surface area (Å²) in [4.78, 5) is 14.9. The summed E-state index contributed by atoms with van der Waals surface area (Å²) in [5.74, 6) is -0.415.